The van der Waals surface area contributed by atoms with Gasteiger partial charge >= 0.3 is 0 Å². The third-order valence-corrected chi connectivity index (χ3v) is 3.35. The standard InChI is InChI=1S/C14H21N3O/c1-11-4-3-5-13(10-11)16-6-8-17(9-7-16)14(18)12(2)15/h3-5,10,12H,6-9,15H2,1-2H3/t12-/m0/s1. The summed E-state index contributed by atoms with van der Waals surface area (Å²) in [4.78, 5) is 16.0. The average molecular weight is 247 g/mol. The van der Waals surface area contributed by atoms with Crippen molar-refractivity contribution in [1.82, 2.24) is 4.90 Å². The summed E-state index contributed by atoms with van der Waals surface area (Å²) in [7, 11) is 0. The molecule has 1 atom stereocenters. The minimum Gasteiger partial charge on any atom is -0.368 e. The number of hydrogen-bond acceptors (Lipinski definition) is 3. The SMILES string of the molecule is Cc1cccc(N2CCN(C(=O)[C@H](C)N)CC2)c1. The molecule has 0 spiro atoms. The highest BCUT2D eigenvalue weighted by Crippen LogP contribution is 2.17. The fraction of sp³-hybridized carbons (Fsp3) is 0.500. The van der Waals surface area contributed by atoms with Crippen molar-refractivity contribution >= 4 is 11.6 Å². The first-order chi connectivity index (χ1) is 8.58. The number of benzene rings is 1. The molecule has 1 fully saturated rings. The van der Waals surface area contributed by atoms with Crippen molar-refractivity contribution in [2.24, 2.45) is 5.73 Å². The molecule has 0 aromatic heterocycles. The maximum absolute atomic E-state index is 11.8. The maximum Gasteiger partial charge on any atom is 0.239 e. The molecular formula is C14H21N3O. The molecule has 1 amide bonds. The summed E-state index contributed by atoms with van der Waals surface area (Å²) in [5.41, 5.74) is 8.13. The van der Waals surface area contributed by atoms with Crippen LogP contribution >= 0.6 is 0 Å². The third kappa shape index (κ3) is 2.82. The van der Waals surface area contributed by atoms with Crippen LogP contribution in [0, 0.1) is 6.92 Å². The molecule has 1 aliphatic heterocycles. The van der Waals surface area contributed by atoms with Crippen molar-refractivity contribution in [3.8, 4) is 0 Å². The van der Waals surface area contributed by atoms with Crippen LogP contribution in [0.5, 0.6) is 0 Å². The Balaban J connectivity index is 1.96. The van der Waals surface area contributed by atoms with Gasteiger partial charge in [0, 0.05) is 31.9 Å². The zero-order valence-corrected chi connectivity index (χ0v) is 11.1. The largest absolute Gasteiger partial charge is 0.368 e. The van der Waals surface area contributed by atoms with E-state index in [2.05, 4.69) is 36.1 Å². The molecule has 98 valence electrons. The number of carbonyl (C=O) groups excluding carboxylic acids is 1. The van der Waals surface area contributed by atoms with Gasteiger partial charge in [-0.1, -0.05) is 12.1 Å². The third-order valence-electron chi connectivity index (χ3n) is 3.35. The molecule has 4 nitrogen and oxygen atoms in total. The minimum absolute atomic E-state index is 0.0545. The van der Waals surface area contributed by atoms with Crippen molar-refractivity contribution in [2.75, 3.05) is 31.1 Å². The van der Waals surface area contributed by atoms with Gasteiger partial charge in [0.2, 0.25) is 5.91 Å². The molecule has 2 N–H and O–H groups in total. The first kappa shape index (κ1) is 12.9. The number of amides is 1. The smallest absolute Gasteiger partial charge is 0.239 e. The molecule has 0 radical (unpaired) electrons. The fourth-order valence-corrected chi connectivity index (χ4v) is 2.30. The zero-order chi connectivity index (χ0) is 13.1. The molecule has 2 rings (SSSR count). The monoisotopic (exact) mass is 247 g/mol. The number of carbonyl (C=O) groups is 1. The second-order valence-electron chi connectivity index (χ2n) is 4.94. The van der Waals surface area contributed by atoms with Gasteiger partial charge in [-0.3, -0.25) is 4.79 Å². The molecule has 1 aromatic carbocycles. The lowest BCUT2D eigenvalue weighted by Gasteiger charge is -2.36. The summed E-state index contributed by atoms with van der Waals surface area (Å²) in [6.45, 7) is 7.11. The normalized spacial score (nSPS) is 17.7. The molecule has 0 unspecified atom stereocenters. The van der Waals surface area contributed by atoms with Crippen LogP contribution in [0.2, 0.25) is 0 Å². The van der Waals surface area contributed by atoms with Crippen molar-refractivity contribution in [3.63, 3.8) is 0 Å². The quantitative estimate of drug-likeness (QED) is 0.848. The van der Waals surface area contributed by atoms with E-state index in [0.717, 1.165) is 26.2 Å². The van der Waals surface area contributed by atoms with Gasteiger partial charge in [-0.05, 0) is 31.5 Å². The van der Waals surface area contributed by atoms with Gasteiger partial charge in [0.15, 0.2) is 0 Å². The highest BCUT2D eigenvalue weighted by Gasteiger charge is 2.23. The van der Waals surface area contributed by atoms with E-state index in [0.29, 0.717) is 0 Å². The Morgan fingerprint density at radius 3 is 2.50 bits per heavy atom. The van der Waals surface area contributed by atoms with Crippen LogP contribution in [-0.4, -0.2) is 43.0 Å². The van der Waals surface area contributed by atoms with Crippen molar-refractivity contribution in [2.45, 2.75) is 19.9 Å². The van der Waals surface area contributed by atoms with Crippen LogP contribution in [-0.2, 0) is 4.79 Å². The van der Waals surface area contributed by atoms with Crippen LogP contribution in [0.4, 0.5) is 5.69 Å². The number of anilines is 1. The summed E-state index contributed by atoms with van der Waals surface area (Å²) < 4.78 is 0. The van der Waals surface area contributed by atoms with Gasteiger partial charge in [0.05, 0.1) is 6.04 Å². The van der Waals surface area contributed by atoms with E-state index in [1.54, 1.807) is 6.92 Å². The Labute approximate surface area is 108 Å². The topological polar surface area (TPSA) is 49.6 Å². The Morgan fingerprint density at radius 1 is 1.28 bits per heavy atom. The van der Waals surface area contributed by atoms with Crippen LogP contribution < -0.4 is 10.6 Å². The van der Waals surface area contributed by atoms with E-state index in [1.165, 1.54) is 11.3 Å². The molecule has 0 saturated carbocycles. The van der Waals surface area contributed by atoms with Crippen LogP contribution in [0.15, 0.2) is 24.3 Å². The summed E-state index contributed by atoms with van der Waals surface area (Å²) >= 11 is 0. The zero-order valence-electron chi connectivity index (χ0n) is 11.1. The van der Waals surface area contributed by atoms with E-state index >= 15 is 0 Å². The summed E-state index contributed by atoms with van der Waals surface area (Å²) in [5, 5.41) is 0. The van der Waals surface area contributed by atoms with Gasteiger partial charge in [0.1, 0.15) is 0 Å². The predicted molar refractivity (Wildman–Crippen MR) is 73.6 cm³/mol. The maximum atomic E-state index is 11.8. The molecular weight excluding hydrogens is 226 g/mol. The first-order valence-electron chi connectivity index (χ1n) is 6.44. The van der Waals surface area contributed by atoms with Gasteiger partial charge in [-0.15, -0.1) is 0 Å². The second-order valence-corrected chi connectivity index (χ2v) is 4.94. The van der Waals surface area contributed by atoms with E-state index in [9.17, 15) is 4.79 Å². The van der Waals surface area contributed by atoms with Gasteiger partial charge in [-0.25, -0.2) is 0 Å². The number of nitrogens with two attached hydrogens (primary N) is 1. The van der Waals surface area contributed by atoms with Crippen molar-refractivity contribution in [1.29, 1.82) is 0 Å². The molecule has 1 saturated heterocycles. The van der Waals surface area contributed by atoms with Crippen LogP contribution in [0.3, 0.4) is 0 Å². The summed E-state index contributed by atoms with van der Waals surface area (Å²) in [6, 6.07) is 8.08. The predicted octanol–water partition coefficient (Wildman–Crippen LogP) is 0.991. The number of nitrogens with zero attached hydrogens (tertiary/aromatic N) is 2. The Morgan fingerprint density at radius 2 is 1.94 bits per heavy atom. The Bertz CT molecular complexity index is 423. The van der Waals surface area contributed by atoms with Gasteiger partial charge in [0.25, 0.3) is 0 Å². The molecule has 1 heterocycles. The lowest BCUT2D eigenvalue weighted by molar-refractivity contribution is -0.132. The lowest BCUT2D eigenvalue weighted by atomic mass is 10.2. The first-order valence-corrected chi connectivity index (χ1v) is 6.44. The summed E-state index contributed by atoms with van der Waals surface area (Å²) in [5.74, 6) is 0.0545. The van der Waals surface area contributed by atoms with Crippen LogP contribution in [0.1, 0.15) is 12.5 Å². The molecule has 1 aliphatic rings. The number of aryl methyl sites for hydroxylation is 1. The van der Waals surface area contributed by atoms with Crippen LogP contribution in [0.25, 0.3) is 0 Å². The van der Waals surface area contributed by atoms with Crippen molar-refractivity contribution < 1.29 is 4.79 Å². The van der Waals surface area contributed by atoms with Gasteiger partial charge in [-0.2, -0.15) is 0 Å². The molecule has 0 bridgehead atoms. The Hall–Kier alpha value is -1.55. The molecule has 0 aliphatic carbocycles. The number of rotatable bonds is 2. The number of hydrogen-bond donors (Lipinski definition) is 1. The average Bonchev–Trinajstić information content (AvgIpc) is 2.38. The van der Waals surface area contributed by atoms with E-state index < -0.39 is 6.04 Å². The van der Waals surface area contributed by atoms with E-state index in [1.807, 2.05) is 4.90 Å². The molecule has 18 heavy (non-hydrogen) atoms. The van der Waals surface area contributed by atoms with Crippen molar-refractivity contribution in [3.05, 3.63) is 29.8 Å². The highest BCUT2D eigenvalue weighted by molar-refractivity contribution is 5.81. The molecule has 4 heteroatoms. The lowest BCUT2D eigenvalue weighted by Crippen LogP contribution is -2.52. The van der Waals surface area contributed by atoms with E-state index in [4.69, 9.17) is 5.73 Å². The minimum atomic E-state index is -0.393. The van der Waals surface area contributed by atoms with Gasteiger partial charge < -0.3 is 15.5 Å². The molecule has 1 aromatic rings. The number of piperazine rings is 1. The highest BCUT2D eigenvalue weighted by atomic mass is 16.2. The second kappa shape index (κ2) is 5.40. The summed E-state index contributed by atoms with van der Waals surface area (Å²) in [6.07, 6.45) is 0. The van der Waals surface area contributed by atoms with E-state index in [-0.39, 0.29) is 5.91 Å². The fourth-order valence-electron chi connectivity index (χ4n) is 2.30. The Kier molecular flexibility index (Phi) is 3.87.